The third-order valence-corrected chi connectivity index (χ3v) is 11.1. The van der Waals surface area contributed by atoms with Crippen molar-refractivity contribution in [2.24, 2.45) is 41.1 Å². The van der Waals surface area contributed by atoms with Crippen molar-refractivity contribution in [1.82, 2.24) is 10.6 Å². The molecule has 4 aliphatic heterocycles. The molecule has 0 bridgehead atoms. The van der Waals surface area contributed by atoms with Crippen LogP contribution in [0.3, 0.4) is 0 Å². The summed E-state index contributed by atoms with van der Waals surface area (Å²) in [7, 11) is 0. The standard InChI is InChI=1S/C32H54N4O7/c1-4-17(2)31(40)42-24-14-21-28(39)27-23(38)13-20(16-37)41-30(27)22(11-19-8-10-35-26(34)12-19)29(21)43-32(24,3)9-7-18-5-6-25(33)36-15-18/h4,18-22,24-30,35-37,39H,5-16,33-34H2,1-3H3/t18?,19?,20?,21?,22?,24-,25?,26?,27?,28?,29?,30?,32-/m0/s1. The first-order valence-corrected chi connectivity index (χ1v) is 16.5. The monoisotopic (exact) mass is 606 g/mol. The number of esters is 1. The van der Waals surface area contributed by atoms with Gasteiger partial charge < -0.3 is 46.5 Å². The first-order valence-electron chi connectivity index (χ1n) is 16.5. The molecule has 11 unspecified atom stereocenters. The summed E-state index contributed by atoms with van der Waals surface area (Å²) in [5, 5.41) is 28.4. The largest absolute Gasteiger partial charge is 0.456 e. The van der Waals surface area contributed by atoms with Gasteiger partial charge in [-0.2, -0.15) is 0 Å². The van der Waals surface area contributed by atoms with Crippen molar-refractivity contribution >= 4 is 11.8 Å². The second-order valence-corrected chi connectivity index (χ2v) is 14.1. The fourth-order valence-electron chi connectivity index (χ4n) is 8.36. The Hall–Kier alpha value is -1.44. The van der Waals surface area contributed by atoms with Gasteiger partial charge in [-0.05, 0) is 97.1 Å². The third kappa shape index (κ3) is 7.19. The van der Waals surface area contributed by atoms with Crippen LogP contribution in [-0.4, -0.2) is 90.1 Å². The van der Waals surface area contributed by atoms with Crippen LogP contribution < -0.4 is 22.1 Å². The summed E-state index contributed by atoms with van der Waals surface area (Å²) in [6, 6.07) is 0. The van der Waals surface area contributed by atoms with Gasteiger partial charge in [0.15, 0.2) is 0 Å². The molecule has 11 nitrogen and oxygen atoms in total. The number of aliphatic hydroxyl groups excluding tert-OH is 2. The van der Waals surface area contributed by atoms with Crippen LogP contribution in [0.25, 0.3) is 0 Å². The van der Waals surface area contributed by atoms with E-state index in [1.165, 1.54) is 0 Å². The van der Waals surface area contributed by atoms with Crippen molar-refractivity contribution in [1.29, 1.82) is 0 Å². The highest BCUT2D eigenvalue weighted by atomic mass is 16.6. The van der Waals surface area contributed by atoms with E-state index in [2.05, 4.69) is 10.6 Å². The van der Waals surface area contributed by atoms with Crippen molar-refractivity contribution < 1.29 is 34.0 Å². The summed E-state index contributed by atoms with van der Waals surface area (Å²) in [4.78, 5) is 26.5. The topological polar surface area (TPSA) is 178 Å². The Labute approximate surface area is 255 Å². The summed E-state index contributed by atoms with van der Waals surface area (Å²) in [6.45, 7) is 6.99. The summed E-state index contributed by atoms with van der Waals surface area (Å²) >= 11 is 0. The van der Waals surface area contributed by atoms with E-state index in [-0.39, 0.29) is 37.1 Å². The molecule has 5 rings (SSSR count). The zero-order chi connectivity index (χ0) is 30.9. The molecule has 244 valence electrons. The molecule has 0 aromatic carbocycles. The molecule has 5 fully saturated rings. The number of nitrogens with one attached hydrogen (secondary N) is 2. The number of hydrogen-bond donors (Lipinski definition) is 6. The van der Waals surface area contributed by atoms with Crippen LogP contribution in [0.5, 0.6) is 0 Å². The average Bonchev–Trinajstić information content (AvgIpc) is 2.99. The zero-order valence-corrected chi connectivity index (χ0v) is 26.1. The number of ketones is 1. The maximum absolute atomic E-state index is 13.5. The van der Waals surface area contributed by atoms with Gasteiger partial charge in [-0.1, -0.05) is 6.08 Å². The maximum Gasteiger partial charge on any atom is 0.333 e. The summed E-state index contributed by atoms with van der Waals surface area (Å²) in [6.07, 6.45) is 5.04. The van der Waals surface area contributed by atoms with Crippen molar-refractivity contribution in [3.8, 4) is 0 Å². The molecule has 4 heterocycles. The van der Waals surface area contributed by atoms with Crippen LogP contribution in [-0.2, 0) is 23.8 Å². The molecule has 0 radical (unpaired) electrons. The van der Waals surface area contributed by atoms with Crippen LogP contribution in [0.1, 0.15) is 78.6 Å². The highest BCUT2D eigenvalue weighted by Gasteiger charge is 2.61. The molecule has 1 saturated carbocycles. The minimum atomic E-state index is -0.994. The number of carbonyl (C=O) groups is 2. The average molecular weight is 607 g/mol. The lowest BCUT2D eigenvalue weighted by atomic mass is 9.60. The lowest BCUT2D eigenvalue weighted by Crippen LogP contribution is -2.68. The van der Waals surface area contributed by atoms with Gasteiger partial charge in [0.2, 0.25) is 0 Å². The van der Waals surface area contributed by atoms with Gasteiger partial charge in [-0.25, -0.2) is 4.79 Å². The number of piperidine rings is 2. The first kappa shape index (κ1) is 32.9. The van der Waals surface area contributed by atoms with E-state index in [1.54, 1.807) is 19.9 Å². The van der Waals surface area contributed by atoms with Gasteiger partial charge in [0.1, 0.15) is 17.5 Å². The number of Topliss-reactive ketones (excluding diaryl/α,β-unsaturated/α-hetero) is 1. The van der Waals surface area contributed by atoms with Crippen LogP contribution >= 0.6 is 0 Å². The van der Waals surface area contributed by atoms with Gasteiger partial charge in [0.25, 0.3) is 0 Å². The Bertz CT molecular complexity index is 1020. The molecular weight excluding hydrogens is 552 g/mol. The minimum absolute atomic E-state index is 0.0255. The number of aliphatic hydroxyl groups is 2. The number of rotatable bonds is 8. The number of fused-ring (bicyclic) bond motifs is 2. The van der Waals surface area contributed by atoms with Gasteiger partial charge in [0, 0.05) is 23.8 Å². The highest BCUT2D eigenvalue weighted by molar-refractivity contribution is 5.87. The molecule has 0 amide bonds. The molecule has 0 aromatic rings. The number of carbonyl (C=O) groups excluding carboxylic acids is 2. The predicted octanol–water partition coefficient (Wildman–Crippen LogP) is 1.09. The molecule has 43 heavy (non-hydrogen) atoms. The van der Waals surface area contributed by atoms with Crippen molar-refractivity contribution in [2.45, 2.75) is 127 Å². The Morgan fingerprint density at radius 2 is 1.93 bits per heavy atom. The van der Waals surface area contributed by atoms with E-state index in [1.807, 2.05) is 6.92 Å². The lowest BCUT2D eigenvalue weighted by molar-refractivity contribution is -0.286. The number of nitrogens with two attached hydrogens (primary N) is 2. The van der Waals surface area contributed by atoms with E-state index < -0.39 is 53.9 Å². The van der Waals surface area contributed by atoms with Crippen LogP contribution in [0.4, 0.5) is 0 Å². The maximum atomic E-state index is 13.5. The fourth-order valence-corrected chi connectivity index (χ4v) is 8.36. The van der Waals surface area contributed by atoms with Crippen molar-refractivity contribution in [2.75, 3.05) is 19.7 Å². The molecule has 0 spiro atoms. The molecule has 13 atom stereocenters. The quantitative estimate of drug-likeness (QED) is 0.172. The summed E-state index contributed by atoms with van der Waals surface area (Å²) < 4.78 is 19.7. The summed E-state index contributed by atoms with van der Waals surface area (Å²) in [5.41, 5.74) is 12.1. The molecule has 4 saturated heterocycles. The second-order valence-electron chi connectivity index (χ2n) is 14.1. The smallest absolute Gasteiger partial charge is 0.333 e. The second kappa shape index (κ2) is 13.9. The van der Waals surface area contributed by atoms with Crippen LogP contribution in [0.15, 0.2) is 11.6 Å². The molecule has 1 aliphatic carbocycles. The molecule has 8 N–H and O–H groups in total. The number of ether oxygens (including phenoxy) is 3. The van der Waals surface area contributed by atoms with E-state index >= 15 is 0 Å². The Morgan fingerprint density at radius 3 is 2.60 bits per heavy atom. The first-order chi connectivity index (χ1) is 20.5. The van der Waals surface area contributed by atoms with E-state index in [0.29, 0.717) is 30.3 Å². The van der Waals surface area contributed by atoms with Crippen molar-refractivity contribution in [3.63, 3.8) is 0 Å². The van der Waals surface area contributed by atoms with Gasteiger partial charge >= 0.3 is 5.97 Å². The van der Waals surface area contributed by atoms with Crippen LogP contribution in [0, 0.1) is 29.6 Å². The summed E-state index contributed by atoms with van der Waals surface area (Å²) in [5.74, 6) is -1.000. The zero-order valence-electron chi connectivity index (χ0n) is 26.1. The Balaban J connectivity index is 1.45. The minimum Gasteiger partial charge on any atom is -0.456 e. The predicted molar refractivity (Wildman–Crippen MR) is 160 cm³/mol. The Morgan fingerprint density at radius 1 is 1.14 bits per heavy atom. The highest BCUT2D eigenvalue weighted by Crippen LogP contribution is 2.52. The van der Waals surface area contributed by atoms with E-state index in [9.17, 15) is 19.8 Å². The third-order valence-electron chi connectivity index (χ3n) is 11.1. The Kier molecular flexibility index (Phi) is 10.7. The van der Waals surface area contributed by atoms with Gasteiger partial charge in [-0.3, -0.25) is 4.79 Å². The van der Waals surface area contributed by atoms with E-state index in [0.717, 1.165) is 51.6 Å². The van der Waals surface area contributed by atoms with E-state index in [4.69, 9.17) is 25.7 Å². The molecule has 0 aromatic heterocycles. The molecular formula is C32H54N4O7. The van der Waals surface area contributed by atoms with Gasteiger partial charge in [0.05, 0.1) is 49.3 Å². The molecule has 11 heteroatoms. The number of allylic oxidation sites excluding steroid dienone is 1. The number of hydrogen-bond acceptors (Lipinski definition) is 11. The fraction of sp³-hybridized carbons (Fsp3) is 0.875. The lowest BCUT2D eigenvalue weighted by Gasteiger charge is -2.58. The van der Waals surface area contributed by atoms with Gasteiger partial charge in [-0.15, -0.1) is 0 Å². The van der Waals surface area contributed by atoms with Crippen molar-refractivity contribution in [3.05, 3.63) is 11.6 Å². The SMILES string of the molecule is CC=C(C)C(=O)O[C@H]1CC2C(O)C3C(=O)CC(CO)OC3C(CC3CCNC(N)C3)C2O[C@@]1(C)CCC1CCC(N)NC1. The van der Waals surface area contributed by atoms with Crippen LogP contribution in [0.2, 0.25) is 0 Å². The normalized spacial score (nSPS) is 45.7. The molecule has 5 aliphatic rings.